The fourth-order valence-electron chi connectivity index (χ4n) is 2.83. The van der Waals surface area contributed by atoms with Crippen LogP contribution < -0.4 is 10.5 Å². The van der Waals surface area contributed by atoms with E-state index in [4.69, 9.17) is 13.6 Å². The molecule has 1 N–H and O–H groups in total. The Morgan fingerprint density at radius 3 is 2.55 bits per heavy atom. The van der Waals surface area contributed by atoms with Crippen molar-refractivity contribution in [1.29, 1.82) is 0 Å². The molecule has 1 saturated heterocycles. The zero-order chi connectivity index (χ0) is 14.3. The fourth-order valence-corrected chi connectivity index (χ4v) is 6.28. The second kappa shape index (κ2) is 7.90. The quantitative estimate of drug-likeness (QED) is 0.608. The summed E-state index contributed by atoms with van der Waals surface area (Å²) in [5.41, 5.74) is 0.306. The highest BCUT2D eigenvalue weighted by atomic mass is 28.4. The topological polar surface area (TPSA) is 39.7 Å². The molecule has 112 valence electrons. The van der Waals surface area contributed by atoms with Gasteiger partial charge >= 0.3 is 8.56 Å². The van der Waals surface area contributed by atoms with Crippen LogP contribution >= 0.6 is 0 Å². The third-order valence-electron chi connectivity index (χ3n) is 3.85. The van der Waals surface area contributed by atoms with E-state index in [1.807, 2.05) is 6.07 Å². The summed E-state index contributed by atoms with van der Waals surface area (Å²) in [4.78, 5) is 0. The molecule has 2 atom stereocenters. The van der Waals surface area contributed by atoms with E-state index in [-0.39, 0.29) is 0 Å². The van der Waals surface area contributed by atoms with E-state index < -0.39 is 8.56 Å². The third kappa shape index (κ3) is 3.48. The smallest absolute Gasteiger partial charge is 0.389 e. The summed E-state index contributed by atoms with van der Waals surface area (Å²) in [5, 5.41) is 4.80. The lowest BCUT2D eigenvalue weighted by Crippen LogP contribution is -2.68. The first kappa shape index (κ1) is 15.7. The average molecular weight is 295 g/mol. The van der Waals surface area contributed by atoms with Crippen molar-refractivity contribution in [3.05, 3.63) is 30.3 Å². The monoisotopic (exact) mass is 295 g/mol. The summed E-state index contributed by atoms with van der Waals surface area (Å²) in [7, 11) is 1.00. The van der Waals surface area contributed by atoms with Crippen molar-refractivity contribution in [2.24, 2.45) is 0 Å². The highest BCUT2D eigenvalue weighted by molar-refractivity contribution is 6.82. The first-order valence-corrected chi connectivity index (χ1v) is 9.20. The van der Waals surface area contributed by atoms with Crippen molar-refractivity contribution < 1.29 is 13.6 Å². The lowest BCUT2D eigenvalue weighted by atomic mass is 10.2. The maximum Gasteiger partial charge on any atom is 0.389 e. The molecule has 2 unspecified atom stereocenters. The van der Waals surface area contributed by atoms with Gasteiger partial charge in [-0.2, -0.15) is 0 Å². The van der Waals surface area contributed by atoms with Gasteiger partial charge in [0, 0.05) is 14.2 Å². The number of nitrogens with one attached hydrogen (secondary N) is 1. The van der Waals surface area contributed by atoms with Gasteiger partial charge < -0.3 is 18.9 Å². The molecule has 5 heteroatoms. The molecule has 0 aliphatic carbocycles. The highest BCUT2D eigenvalue weighted by Crippen LogP contribution is 2.20. The number of benzene rings is 1. The van der Waals surface area contributed by atoms with Crippen molar-refractivity contribution in [2.45, 2.75) is 24.9 Å². The number of piperidine rings is 1. The lowest BCUT2D eigenvalue weighted by Gasteiger charge is -2.39. The minimum Gasteiger partial charge on any atom is -0.393 e. The molecule has 20 heavy (non-hydrogen) atoms. The zero-order valence-corrected chi connectivity index (χ0v) is 13.4. The maximum absolute atomic E-state index is 6.27. The molecule has 0 aromatic heterocycles. The lowest BCUT2D eigenvalue weighted by molar-refractivity contribution is 0.115. The highest BCUT2D eigenvalue weighted by Gasteiger charge is 2.47. The Labute approximate surface area is 122 Å². The van der Waals surface area contributed by atoms with Crippen LogP contribution in [-0.4, -0.2) is 48.2 Å². The van der Waals surface area contributed by atoms with E-state index in [1.165, 1.54) is 18.0 Å². The van der Waals surface area contributed by atoms with Crippen molar-refractivity contribution in [1.82, 2.24) is 5.32 Å². The van der Waals surface area contributed by atoms with E-state index in [1.54, 1.807) is 14.2 Å². The summed E-state index contributed by atoms with van der Waals surface area (Å²) >= 11 is 0. The van der Waals surface area contributed by atoms with E-state index >= 15 is 0 Å². The van der Waals surface area contributed by atoms with Crippen molar-refractivity contribution >= 4 is 13.7 Å². The molecule has 4 nitrogen and oxygen atoms in total. The van der Waals surface area contributed by atoms with Crippen LogP contribution in [-0.2, 0) is 13.6 Å². The molecule has 1 fully saturated rings. The number of hydrogen-bond donors (Lipinski definition) is 1. The Hall–Kier alpha value is -0.723. The molecule has 0 radical (unpaired) electrons. The molecule has 0 amide bonds. The molecule has 1 heterocycles. The van der Waals surface area contributed by atoms with Gasteiger partial charge in [0.1, 0.15) is 0 Å². The Morgan fingerprint density at radius 2 is 1.95 bits per heavy atom. The molecular formula is C15H25NO3Si. The maximum atomic E-state index is 6.27. The van der Waals surface area contributed by atoms with E-state index in [9.17, 15) is 0 Å². The molecule has 1 aromatic rings. The third-order valence-corrected chi connectivity index (χ3v) is 7.64. The summed E-state index contributed by atoms with van der Waals surface area (Å²) in [5.74, 6) is 0. The van der Waals surface area contributed by atoms with Crippen molar-refractivity contribution in [3.8, 4) is 0 Å². The summed E-state index contributed by atoms with van der Waals surface area (Å²) in [6.07, 6.45) is 3.58. The van der Waals surface area contributed by atoms with Crippen LogP contribution in [0, 0.1) is 0 Å². The number of hydrogen-bond acceptors (Lipinski definition) is 4. The molecule has 1 aliphatic heterocycles. The van der Waals surface area contributed by atoms with Gasteiger partial charge in [-0.15, -0.1) is 0 Å². The molecule has 2 rings (SSSR count). The standard InChI is InChI=1S/C15H25NO3Si/c1-17-12-13-19-20(18-2,14-8-4-3-5-9-14)15-10-6-7-11-16-15/h3-5,8-9,15-16H,6-7,10-13H2,1-2H3. The van der Waals surface area contributed by atoms with E-state index in [0.29, 0.717) is 18.9 Å². The minimum absolute atomic E-state index is 0.306. The van der Waals surface area contributed by atoms with Gasteiger partial charge in [0.25, 0.3) is 0 Å². The van der Waals surface area contributed by atoms with E-state index in [2.05, 4.69) is 29.6 Å². The van der Waals surface area contributed by atoms with Crippen molar-refractivity contribution in [3.63, 3.8) is 0 Å². The van der Waals surface area contributed by atoms with Crippen molar-refractivity contribution in [2.75, 3.05) is 34.0 Å². The molecule has 0 bridgehead atoms. The molecular weight excluding hydrogens is 270 g/mol. The average Bonchev–Trinajstić information content (AvgIpc) is 2.54. The Balaban J connectivity index is 2.24. The van der Waals surface area contributed by atoms with Crippen LogP contribution in [0.1, 0.15) is 19.3 Å². The first-order valence-electron chi connectivity index (χ1n) is 7.30. The predicted octanol–water partition coefficient (Wildman–Crippen LogP) is 1.33. The van der Waals surface area contributed by atoms with Crippen LogP contribution in [0.25, 0.3) is 0 Å². The van der Waals surface area contributed by atoms with Gasteiger partial charge in [0.15, 0.2) is 0 Å². The van der Waals surface area contributed by atoms with Gasteiger partial charge in [-0.3, -0.25) is 0 Å². The van der Waals surface area contributed by atoms with Gasteiger partial charge in [-0.25, -0.2) is 0 Å². The Kier molecular flexibility index (Phi) is 6.19. The number of ether oxygens (including phenoxy) is 1. The van der Waals surface area contributed by atoms with Gasteiger partial charge in [-0.1, -0.05) is 36.8 Å². The minimum atomic E-state index is -2.47. The van der Waals surface area contributed by atoms with Gasteiger partial charge in [0.2, 0.25) is 0 Å². The van der Waals surface area contributed by atoms with Crippen LogP contribution in [0.4, 0.5) is 0 Å². The second-order valence-corrected chi connectivity index (χ2v) is 8.39. The normalized spacial score (nSPS) is 22.4. The summed E-state index contributed by atoms with van der Waals surface area (Å²) in [6, 6.07) is 10.4. The predicted molar refractivity (Wildman–Crippen MR) is 82.3 cm³/mol. The zero-order valence-electron chi connectivity index (χ0n) is 12.4. The van der Waals surface area contributed by atoms with E-state index in [0.717, 1.165) is 13.0 Å². The van der Waals surface area contributed by atoms with Crippen LogP contribution in [0.5, 0.6) is 0 Å². The van der Waals surface area contributed by atoms with Gasteiger partial charge in [0.05, 0.1) is 18.9 Å². The summed E-state index contributed by atoms with van der Waals surface area (Å²) < 4.78 is 17.4. The molecule has 1 aliphatic rings. The Morgan fingerprint density at radius 1 is 1.15 bits per heavy atom. The Bertz CT molecular complexity index is 384. The first-order chi connectivity index (χ1) is 9.83. The van der Waals surface area contributed by atoms with Crippen LogP contribution in [0.15, 0.2) is 30.3 Å². The van der Waals surface area contributed by atoms with Crippen LogP contribution in [0.2, 0.25) is 0 Å². The largest absolute Gasteiger partial charge is 0.393 e. The fraction of sp³-hybridized carbons (Fsp3) is 0.600. The van der Waals surface area contributed by atoms with Gasteiger partial charge in [-0.05, 0) is 24.6 Å². The number of rotatable bonds is 7. The molecule has 0 spiro atoms. The number of methoxy groups -OCH3 is 1. The SMILES string of the molecule is COCCO[Si](OC)(c1ccccc1)C1CCCCN1. The van der Waals surface area contributed by atoms with Crippen LogP contribution in [0.3, 0.4) is 0 Å². The molecule has 1 aromatic carbocycles. The molecule has 0 saturated carbocycles. The second-order valence-electron chi connectivity index (χ2n) is 5.08. The summed E-state index contributed by atoms with van der Waals surface area (Å²) in [6.45, 7) is 2.21.